The molecule has 2 aromatic rings. The molecule has 0 aliphatic carbocycles. The number of anilines is 1. The third-order valence-electron chi connectivity index (χ3n) is 2.62. The van der Waals surface area contributed by atoms with Gasteiger partial charge in [0.25, 0.3) is 0 Å². The van der Waals surface area contributed by atoms with E-state index in [1.807, 2.05) is 22.9 Å². The predicted molar refractivity (Wildman–Crippen MR) is 67.9 cm³/mol. The summed E-state index contributed by atoms with van der Waals surface area (Å²) in [4.78, 5) is 3.99. The van der Waals surface area contributed by atoms with Crippen molar-refractivity contribution in [2.75, 3.05) is 19.0 Å². The lowest BCUT2D eigenvalue weighted by atomic mass is 10.2. The molecular formula is C13H14N4O. The molecule has 1 aromatic heterocycles. The number of hydrogen-bond donors (Lipinski definition) is 1. The fraction of sp³-hybridized carbons (Fsp3) is 0.231. The van der Waals surface area contributed by atoms with Crippen LogP contribution < -0.4 is 5.32 Å². The Hall–Kier alpha value is -2.32. The number of methoxy groups -OCH3 is 1. The van der Waals surface area contributed by atoms with Gasteiger partial charge in [0.05, 0.1) is 24.5 Å². The molecule has 1 atom stereocenters. The van der Waals surface area contributed by atoms with Crippen LogP contribution in [-0.2, 0) is 4.74 Å². The number of ether oxygens (including phenoxy) is 1. The van der Waals surface area contributed by atoms with Crippen molar-refractivity contribution < 1.29 is 4.74 Å². The van der Waals surface area contributed by atoms with E-state index in [9.17, 15) is 0 Å². The molecule has 0 saturated heterocycles. The van der Waals surface area contributed by atoms with Crippen molar-refractivity contribution in [3.8, 4) is 6.07 Å². The number of nitriles is 1. The minimum Gasteiger partial charge on any atom is -0.380 e. The molecule has 1 unspecified atom stereocenters. The second-order valence-electron chi connectivity index (χ2n) is 3.77. The monoisotopic (exact) mass is 242 g/mol. The number of rotatable bonds is 5. The molecule has 1 aromatic carbocycles. The summed E-state index contributed by atoms with van der Waals surface area (Å²) >= 11 is 0. The van der Waals surface area contributed by atoms with Crippen molar-refractivity contribution in [3.63, 3.8) is 0 Å². The van der Waals surface area contributed by atoms with E-state index in [-0.39, 0.29) is 6.23 Å². The average Bonchev–Trinajstić information content (AvgIpc) is 2.94. The Kier molecular flexibility index (Phi) is 3.94. The molecule has 0 radical (unpaired) electrons. The van der Waals surface area contributed by atoms with Gasteiger partial charge in [-0.15, -0.1) is 0 Å². The quantitative estimate of drug-likeness (QED) is 0.871. The Morgan fingerprint density at radius 1 is 1.44 bits per heavy atom. The summed E-state index contributed by atoms with van der Waals surface area (Å²) in [5.74, 6) is 0. The van der Waals surface area contributed by atoms with Gasteiger partial charge in [-0.05, 0) is 24.3 Å². The summed E-state index contributed by atoms with van der Waals surface area (Å²) in [6, 6.07) is 9.39. The van der Waals surface area contributed by atoms with Gasteiger partial charge in [-0.25, -0.2) is 4.98 Å². The molecule has 0 amide bonds. The molecule has 5 nitrogen and oxygen atoms in total. The summed E-state index contributed by atoms with van der Waals surface area (Å²) in [7, 11) is 1.66. The lowest BCUT2D eigenvalue weighted by Crippen LogP contribution is -2.19. The number of benzene rings is 1. The maximum absolute atomic E-state index is 8.71. The first-order valence-corrected chi connectivity index (χ1v) is 5.58. The van der Waals surface area contributed by atoms with Gasteiger partial charge in [-0.1, -0.05) is 0 Å². The van der Waals surface area contributed by atoms with Crippen LogP contribution >= 0.6 is 0 Å². The second-order valence-corrected chi connectivity index (χ2v) is 3.77. The molecule has 0 saturated carbocycles. The van der Waals surface area contributed by atoms with Gasteiger partial charge in [0.15, 0.2) is 6.23 Å². The average molecular weight is 242 g/mol. The zero-order valence-electron chi connectivity index (χ0n) is 10.1. The summed E-state index contributed by atoms with van der Waals surface area (Å²) in [5.41, 5.74) is 1.61. The van der Waals surface area contributed by atoms with E-state index >= 15 is 0 Å². The minimum absolute atomic E-state index is 0.108. The highest BCUT2D eigenvalue weighted by molar-refractivity contribution is 5.47. The molecule has 5 heteroatoms. The van der Waals surface area contributed by atoms with Crippen molar-refractivity contribution in [2.24, 2.45) is 0 Å². The maximum Gasteiger partial charge on any atom is 0.151 e. The normalized spacial score (nSPS) is 11.8. The molecular weight excluding hydrogens is 228 g/mol. The van der Waals surface area contributed by atoms with Crippen LogP contribution in [0.2, 0.25) is 0 Å². The third-order valence-corrected chi connectivity index (χ3v) is 2.62. The van der Waals surface area contributed by atoms with Gasteiger partial charge in [-0.3, -0.25) is 0 Å². The lowest BCUT2D eigenvalue weighted by molar-refractivity contribution is 0.0552. The molecule has 1 N–H and O–H groups in total. The highest BCUT2D eigenvalue weighted by atomic mass is 16.5. The van der Waals surface area contributed by atoms with Gasteiger partial charge in [0.1, 0.15) is 0 Å². The number of nitrogens with zero attached hydrogens (tertiary/aromatic N) is 3. The zero-order valence-corrected chi connectivity index (χ0v) is 10.1. The molecule has 18 heavy (non-hydrogen) atoms. The second kappa shape index (κ2) is 5.84. The maximum atomic E-state index is 8.71. The fourth-order valence-electron chi connectivity index (χ4n) is 1.62. The van der Waals surface area contributed by atoms with Crippen molar-refractivity contribution in [3.05, 3.63) is 48.5 Å². The van der Waals surface area contributed by atoms with Crippen molar-refractivity contribution in [1.82, 2.24) is 9.55 Å². The van der Waals surface area contributed by atoms with Crippen molar-refractivity contribution in [2.45, 2.75) is 6.23 Å². The van der Waals surface area contributed by atoms with Gasteiger partial charge >= 0.3 is 0 Å². The molecule has 2 rings (SSSR count). The van der Waals surface area contributed by atoms with Gasteiger partial charge in [0, 0.05) is 25.2 Å². The van der Waals surface area contributed by atoms with E-state index in [4.69, 9.17) is 10.00 Å². The highest BCUT2D eigenvalue weighted by Gasteiger charge is 2.07. The largest absolute Gasteiger partial charge is 0.380 e. The van der Waals surface area contributed by atoms with E-state index < -0.39 is 0 Å². The van der Waals surface area contributed by atoms with E-state index in [1.54, 1.807) is 31.8 Å². The van der Waals surface area contributed by atoms with Crippen LogP contribution in [0, 0.1) is 11.3 Å². The van der Waals surface area contributed by atoms with Gasteiger partial charge in [0.2, 0.25) is 0 Å². The van der Waals surface area contributed by atoms with Crippen LogP contribution in [0.3, 0.4) is 0 Å². The Morgan fingerprint density at radius 2 is 2.22 bits per heavy atom. The Morgan fingerprint density at radius 3 is 2.78 bits per heavy atom. The minimum atomic E-state index is -0.108. The number of imidazole rings is 1. The molecule has 0 spiro atoms. The van der Waals surface area contributed by atoms with Crippen molar-refractivity contribution in [1.29, 1.82) is 5.26 Å². The van der Waals surface area contributed by atoms with Crippen LogP contribution in [0.5, 0.6) is 0 Å². The van der Waals surface area contributed by atoms with Crippen LogP contribution in [-0.4, -0.2) is 23.2 Å². The van der Waals surface area contributed by atoms with Crippen LogP contribution in [0.25, 0.3) is 0 Å². The van der Waals surface area contributed by atoms with E-state index in [0.717, 1.165) is 5.69 Å². The zero-order chi connectivity index (χ0) is 12.8. The Bertz CT molecular complexity index is 513. The molecule has 0 aliphatic rings. The number of hydrogen-bond acceptors (Lipinski definition) is 4. The Labute approximate surface area is 106 Å². The standard InChI is InChI=1S/C13H14N4O/c1-18-13(17-7-6-15-10-17)9-16-12-4-2-11(8-14)3-5-12/h2-7,10,13,16H,9H2,1H3. The first-order chi connectivity index (χ1) is 8.83. The van der Waals surface area contributed by atoms with Crippen LogP contribution in [0.15, 0.2) is 43.0 Å². The van der Waals surface area contributed by atoms with Crippen LogP contribution in [0.1, 0.15) is 11.8 Å². The first kappa shape index (κ1) is 12.1. The molecule has 0 aliphatic heterocycles. The van der Waals surface area contributed by atoms with E-state index in [0.29, 0.717) is 12.1 Å². The SMILES string of the molecule is COC(CNc1ccc(C#N)cc1)n1ccnc1. The third kappa shape index (κ3) is 2.87. The number of aromatic nitrogens is 2. The van der Waals surface area contributed by atoms with E-state index in [1.165, 1.54) is 0 Å². The summed E-state index contributed by atoms with van der Waals surface area (Å²) in [6.45, 7) is 0.624. The molecule has 1 heterocycles. The molecule has 0 fully saturated rings. The summed E-state index contributed by atoms with van der Waals surface area (Å²) in [5, 5.41) is 12.0. The first-order valence-electron chi connectivity index (χ1n) is 5.58. The van der Waals surface area contributed by atoms with Gasteiger partial charge < -0.3 is 14.6 Å². The summed E-state index contributed by atoms with van der Waals surface area (Å²) < 4.78 is 7.26. The molecule has 0 bridgehead atoms. The van der Waals surface area contributed by atoms with Crippen molar-refractivity contribution >= 4 is 5.69 Å². The van der Waals surface area contributed by atoms with Gasteiger partial charge in [-0.2, -0.15) is 5.26 Å². The molecule has 92 valence electrons. The Balaban J connectivity index is 1.95. The topological polar surface area (TPSA) is 62.9 Å². The van der Waals surface area contributed by atoms with Crippen LogP contribution in [0.4, 0.5) is 5.69 Å². The number of nitrogens with one attached hydrogen (secondary N) is 1. The van der Waals surface area contributed by atoms with E-state index in [2.05, 4.69) is 16.4 Å². The predicted octanol–water partition coefficient (Wildman–Crippen LogP) is 2.01. The smallest absolute Gasteiger partial charge is 0.151 e. The highest BCUT2D eigenvalue weighted by Crippen LogP contribution is 2.12. The fourth-order valence-corrected chi connectivity index (χ4v) is 1.62. The summed E-state index contributed by atoms with van der Waals surface area (Å²) in [6.07, 6.45) is 5.18. The lowest BCUT2D eigenvalue weighted by Gasteiger charge is -2.17.